The van der Waals surface area contributed by atoms with E-state index in [2.05, 4.69) is 20.3 Å². The number of hydrogen-bond acceptors (Lipinski definition) is 6. The van der Waals surface area contributed by atoms with Gasteiger partial charge in [-0.3, -0.25) is 0 Å². The van der Waals surface area contributed by atoms with Gasteiger partial charge < -0.3 is 9.42 Å². The Kier molecular flexibility index (Phi) is 3.97. The molecule has 0 unspecified atom stereocenters. The van der Waals surface area contributed by atoms with Crippen LogP contribution in [0.1, 0.15) is 47.3 Å². The number of rotatable bonds is 4. The van der Waals surface area contributed by atoms with Crippen LogP contribution in [0.3, 0.4) is 0 Å². The standard InChI is InChI=1S/C19H18ClFN6O/c1-12-8-22-27-16(12)9-26(11-23-27)10-17-24-18(25-28-17)13-6-19(21,7-13)14-2-4-15(20)5-3-14/h2-5,8,11,13H,6-7,9-10H2,1H3/t13-,19+. The van der Waals surface area contributed by atoms with E-state index < -0.39 is 5.67 Å². The van der Waals surface area contributed by atoms with Gasteiger partial charge in [0.2, 0.25) is 5.89 Å². The van der Waals surface area contributed by atoms with Gasteiger partial charge in [-0.15, -0.1) is 5.10 Å². The molecule has 7 nitrogen and oxygen atoms in total. The Hall–Kier alpha value is -2.74. The minimum absolute atomic E-state index is 0.0446. The summed E-state index contributed by atoms with van der Waals surface area (Å²) in [6.45, 7) is 3.12. The minimum Gasteiger partial charge on any atom is -0.346 e. The number of nitrogens with zero attached hydrogens (tertiary/aromatic N) is 6. The van der Waals surface area contributed by atoms with Crippen LogP contribution in [0.15, 0.2) is 40.1 Å². The van der Waals surface area contributed by atoms with Gasteiger partial charge in [-0.05, 0) is 43.0 Å². The molecule has 0 spiro atoms. The highest BCUT2D eigenvalue weighted by Crippen LogP contribution is 2.53. The first kappa shape index (κ1) is 17.4. The quantitative estimate of drug-likeness (QED) is 0.666. The molecule has 1 saturated carbocycles. The van der Waals surface area contributed by atoms with E-state index in [4.69, 9.17) is 16.1 Å². The first-order chi connectivity index (χ1) is 13.5. The smallest absolute Gasteiger partial charge is 0.246 e. The van der Waals surface area contributed by atoms with Gasteiger partial charge in [-0.25, -0.2) is 4.39 Å². The minimum atomic E-state index is -1.36. The molecule has 0 saturated heterocycles. The van der Waals surface area contributed by atoms with Crippen LogP contribution in [-0.4, -0.2) is 31.3 Å². The summed E-state index contributed by atoms with van der Waals surface area (Å²) >= 11 is 5.89. The molecule has 3 aromatic rings. The Morgan fingerprint density at radius 1 is 1.29 bits per heavy atom. The molecule has 5 rings (SSSR count). The van der Waals surface area contributed by atoms with Crippen molar-refractivity contribution in [1.82, 2.24) is 24.9 Å². The van der Waals surface area contributed by atoms with Gasteiger partial charge in [0.25, 0.3) is 0 Å². The topological polar surface area (TPSA) is 72.3 Å². The number of aryl methyl sites for hydroxylation is 1. The highest BCUT2D eigenvalue weighted by molar-refractivity contribution is 6.30. The van der Waals surface area contributed by atoms with Gasteiger partial charge in [-0.1, -0.05) is 28.9 Å². The highest BCUT2D eigenvalue weighted by atomic mass is 35.5. The van der Waals surface area contributed by atoms with E-state index in [0.29, 0.717) is 48.2 Å². The fraction of sp³-hybridized carbons (Fsp3) is 0.368. The van der Waals surface area contributed by atoms with Crippen LogP contribution in [0, 0.1) is 6.92 Å². The molecule has 0 atom stereocenters. The molecule has 0 amide bonds. The molecule has 28 heavy (non-hydrogen) atoms. The molecule has 9 heteroatoms. The number of benzene rings is 1. The lowest BCUT2D eigenvalue weighted by Gasteiger charge is -2.40. The van der Waals surface area contributed by atoms with Crippen molar-refractivity contribution < 1.29 is 8.91 Å². The van der Waals surface area contributed by atoms with Crippen molar-refractivity contribution in [3.8, 4) is 0 Å². The first-order valence-corrected chi connectivity index (χ1v) is 9.47. The van der Waals surface area contributed by atoms with Crippen LogP contribution >= 0.6 is 11.6 Å². The van der Waals surface area contributed by atoms with Crippen LogP contribution in [0.2, 0.25) is 5.02 Å². The van der Waals surface area contributed by atoms with Crippen LogP contribution in [0.5, 0.6) is 0 Å². The lowest BCUT2D eigenvalue weighted by molar-refractivity contribution is 0.0336. The molecule has 0 bridgehead atoms. The second-order valence-electron chi connectivity index (χ2n) is 7.42. The number of halogens is 2. The molecule has 2 aliphatic rings. The van der Waals surface area contributed by atoms with E-state index in [9.17, 15) is 0 Å². The third kappa shape index (κ3) is 2.97. The van der Waals surface area contributed by atoms with Crippen LogP contribution < -0.4 is 0 Å². The Bertz CT molecular complexity index is 1040. The van der Waals surface area contributed by atoms with Crippen molar-refractivity contribution in [1.29, 1.82) is 0 Å². The summed E-state index contributed by atoms with van der Waals surface area (Å²) in [5.74, 6) is 1.01. The highest BCUT2D eigenvalue weighted by Gasteiger charge is 2.48. The lowest BCUT2D eigenvalue weighted by Crippen LogP contribution is -2.36. The van der Waals surface area contributed by atoms with E-state index in [1.54, 1.807) is 41.6 Å². The van der Waals surface area contributed by atoms with Crippen molar-refractivity contribution in [2.45, 2.75) is 44.4 Å². The van der Waals surface area contributed by atoms with E-state index >= 15 is 4.39 Å². The Labute approximate surface area is 165 Å². The Balaban J connectivity index is 1.23. The summed E-state index contributed by atoms with van der Waals surface area (Å²) in [5, 5.41) is 13.1. The van der Waals surface area contributed by atoms with Crippen molar-refractivity contribution in [3.63, 3.8) is 0 Å². The van der Waals surface area contributed by atoms with E-state index in [1.807, 2.05) is 11.8 Å². The number of alkyl halides is 1. The molecular formula is C19H18ClFN6O. The molecular weight excluding hydrogens is 383 g/mol. The normalized spacial score (nSPS) is 23.5. The Morgan fingerprint density at radius 2 is 2.07 bits per heavy atom. The van der Waals surface area contributed by atoms with Crippen molar-refractivity contribution in [3.05, 3.63) is 64.0 Å². The number of hydrogen-bond donors (Lipinski definition) is 0. The lowest BCUT2D eigenvalue weighted by atomic mass is 9.68. The molecule has 144 valence electrons. The summed E-state index contributed by atoms with van der Waals surface area (Å²) in [4.78, 5) is 8.08. The van der Waals surface area contributed by atoms with Gasteiger partial charge in [0.15, 0.2) is 5.82 Å². The monoisotopic (exact) mass is 400 g/mol. The van der Waals surface area contributed by atoms with Crippen molar-refractivity contribution in [2.24, 2.45) is 5.10 Å². The fourth-order valence-corrected chi connectivity index (χ4v) is 3.87. The van der Waals surface area contributed by atoms with E-state index in [0.717, 1.165) is 11.3 Å². The molecule has 1 aliphatic carbocycles. The van der Waals surface area contributed by atoms with Gasteiger partial charge >= 0.3 is 0 Å². The first-order valence-electron chi connectivity index (χ1n) is 9.10. The fourth-order valence-electron chi connectivity index (χ4n) is 3.74. The summed E-state index contributed by atoms with van der Waals surface area (Å²) in [7, 11) is 0. The molecule has 1 fully saturated rings. The zero-order chi connectivity index (χ0) is 19.3. The Morgan fingerprint density at radius 3 is 2.86 bits per heavy atom. The molecule has 1 aliphatic heterocycles. The van der Waals surface area contributed by atoms with Crippen LogP contribution in [0.4, 0.5) is 4.39 Å². The maximum atomic E-state index is 15.1. The van der Waals surface area contributed by atoms with E-state index in [1.165, 1.54) is 0 Å². The average Bonchev–Trinajstić information content (AvgIpc) is 3.27. The maximum Gasteiger partial charge on any atom is 0.246 e. The molecule has 3 heterocycles. The third-order valence-electron chi connectivity index (χ3n) is 5.42. The predicted octanol–water partition coefficient (Wildman–Crippen LogP) is 3.78. The van der Waals surface area contributed by atoms with Crippen LogP contribution in [0.25, 0.3) is 0 Å². The van der Waals surface area contributed by atoms with Gasteiger partial charge in [0, 0.05) is 10.9 Å². The van der Waals surface area contributed by atoms with Gasteiger partial charge in [0.1, 0.15) is 12.0 Å². The van der Waals surface area contributed by atoms with Crippen LogP contribution in [-0.2, 0) is 18.8 Å². The average molecular weight is 401 g/mol. The molecule has 2 aromatic heterocycles. The zero-order valence-corrected chi connectivity index (χ0v) is 16.0. The summed E-state index contributed by atoms with van der Waals surface area (Å²) in [6, 6.07) is 6.91. The largest absolute Gasteiger partial charge is 0.346 e. The number of aromatic nitrogens is 4. The summed E-state index contributed by atoms with van der Waals surface area (Å²) in [6.07, 6.45) is 4.19. The SMILES string of the molecule is Cc1cnn2c1CN(Cc1nc([C@H]3C[C@](F)(c4ccc(Cl)cc4)C3)no1)C=N2. The van der Waals surface area contributed by atoms with E-state index in [-0.39, 0.29) is 5.92 Å². The second-order valence-corrected chi connectivity index (χ2v) is 7.86. The molecule has 1 aromatic carbocycles. The molecule has 0 N–H and O–H groups in total. The zero-order valence-electron chi connectivity index (χ0n) is 15.2. The van der Waals surface area contributed by atoms with Gasteiger partial charge in [0.05, 0.1) is 25.0 Å². The summed E-state index contributed by atoms with van der Waals surface area (Å²) in [5.41, 5.74) is 1.41. The second kappa shape index (κ2) is 6.41. The predicted molar refractivity (Wildman–Crippen MR) is 101 cm³/mol. The van der Waals surface area contributed by atoms with Crippen molar-refractivity contribution in [2.75, 3.05) is 0 Å². The van der Waals surface area contributed by atoms with Crippen molar-refractivity contribution >= 4 is 17.9 Å². The maximum absolute atomic E-state index is 15.1. The number of fused-ring (bicyclic) bond motifs is 1. The molecule has 0 radical (unpaired) electrons. The van der Waals surface area contributed by atoms with Gasteiger partial charge in [-0.2, -0.15) is 14.9 Å². The summed E-state index contributed by atoms with van der Waals surface area (Å²) < 4.78 is 20.5. The third-order valence-corrected chi connectivity index (χ3v) is 5.68.